The molecule has 0 aliphatic carbocycles. The van der Waals surface area contributed by atoms with E-state index in [2.05, 4.69) is 15.5 Å². The van der Waals surface area contributed by atoms with Gasteiger partial charge in [-0.25, -0.2) is 0 Å². The molecular formula is C39H50N4O7. The fourth-order valence-electron chi connectivity index (χ4n) is 6.92. The number of nitrogens with one attached hydrogen (secondary N) is 2. The zero-order valence-corrected chi connectivity index (χ0v) is 28.7. The number of rotatable bonds is 14. The average molecular weight is 687 g/mol. The Morgan fingerprint density at radius 2 is 1.52 bits per heavy atom. The van der Waals surface area contributed by atoms with Gasteiger partial charge in [-0.3, -0.25) is 9.59 Å². The topological polar surface area (TPSA) is 145 Å². The lowest BCUT2D eigenvalue weighted by molar-refractivity contribution is -0.255. The van der Waals surface area contributed by atoms with Crippen molar-refractivity contribution < 1.29 is 33.6 Å². The molecule has 3 aliphatic heterocycles. The summed E-state index contributed by atoms with van der Waals surface area (Å²) in [5.41, 5.74) is 10.5. The number of hydrogen-bond acceptors (Lipinski definition) is 9. The Kier molecular flexibility index (Phi) is 12.5. The summed E-state index contributed by atoms with van der Waals surface area (Å²) in [6, 6.07) is 22.8. The third-order valence-electron chi connectivity index (χ3n) is 9.74. The van der Waals surface area contributed by atoms with Gasteiger partial charge in [-0.15, -0.1) is 0 Å². The van der Waals surface area contributed by atoms with Crippen LogP contribution >= 0.6 is 0 Å². The van der Waals surface area contributed by atoms with Crippen LogP contribution in [0.25, 0.3) is 0 Å². The van der Waals surface area contributed by atoms with Crippen molar-refractivity contribution in [2.45, 2.75) is 88.7 Å². The smallest absolute Gasteiger partial charge is 0.224 e. The Balaban J connectivity index is 0.993. The summed E-state index contributed by atoms with van der Waals surface area (Å²) < 4.78 is 25.0. The highest BCUT2D eigenvalue weighted by Gasteiger charge is 2.41. The largest absolute Gasteiger partial charge is 0.397 e. The molecule has 5 N–H and O–H groups in total. The van der Waals surface area contributed by atoms with Gasteiger partial charge in [0, 0.05) is 63.0 Å². The molecule has 3 atom stereocenters. The van der Waals surface area contributed by atoms with Gasteiger partial charge in [-0.1, -0.05) is 61.4 Å². The first-order valence-corrected chi connectivity index (χ1v) is 17.9. The van der Waals surface area contributed by atoms with E-state index in [1.165, 1.54) is 0 Å². The number of aliphatic hydroxyl groups excluding tert-OH is 1. The van der Waals surface area contributed by atoms with E-state index in [1.807, 2.05) is 60.7 Å². The highest BCUT2D eigenvalue weighted by atomic mass is 16.7. The van der Waals surface area contributed by atoms with E-state index in [1.54, 1.807) is 12.1 Å². The van der Waals surface area contributed by atoms with Crippen LogP contribution in [-0.2, 0) is 35.1 Å². The van der Waals surface area contributed by atoms with Crippen molar-refractivity contribution in [1.29, 1.82) is 0 Å². The summed E-state index contributed by atoms with van der Waals surface area (Å²) in [5, 5.41) is 15.4. The van der Waals surface area contributed by atoms with Crippen molar-refractivity contribution >= 4 is 28.9 Å². The molecule has 3 heterocycles. The number of aliphatic hydroxyl groups is 1. The first kappa shape index (κ1) is 36.0. The van der Waals surface area contributed by atoms with Crippen molar-refractivity contribution in [3.8, 4) is 0 Å². The maximum absolute atomic E-state index is 12.8. The molecule has 6 rings (SSSR count). The number of para-hydroxylation sites is 2. The zero-order chi connectivity index (χ0) is 34.8. The summed E-state index contributed by atoms with van der Waals surface area (Å²) in [5.74, 6) is -0.533. The van der Waals surface area contributed by atoms with Gasteiger partial charge in [0.25, 0.3) is 0 Å². The van der Waals surface area contributed by atoms with E-state index in [0.29, 0.717) is 49.5 Å². The van der Waals surface area contributed by atoms with Crippen molar-refractivity contribution in [3.05, 3.63) is 89.5 Å². The Hall–Kier alpha value is -3.84. The van der Waals surface area contributed by atoms with Crippen molar-refractivity contribution in [2.24, 2.45) is 0 Å². The predicted octanol–water partition coefficient (Wildman–Crippen LogP) is 6.06. The highest BCUT2D eigenvalue weighted by molar-refractivity contribution is 5.93. The van der Waals surface area contributed by atoms with E-state index < -0.39 is 12.1 Å². The number of carbonyl (C=O) groups excluding carboxylic acids is 2. The van der Waals surface area contributed by atoms with Crippen LogP contribution in [0.5, 0.6) is 0 Å². The Morgan fingerprint density at radius 1 is 0.820 bits per heavy atom. The number of ether oxygens (including phenoxy) is 4. The molecule has 3 fully saturated rings. The number of anilines is 3. The van der Waals surface area contributed by atoms with Crippen LogP contribution in [0.4, 0.5) is 17.1 Å². The first-order chi connectivity index (χ1) is 24.4. The summed E-state index contributed by atoms with van der Waals surface area (Å²) in [7, 11) is 0. The van der Waals surface area contributed by atoms with Crippen LogP contribution in [-0.4, -0.2) is 66.6 Å². The normalized spacial score (nSPS) is 22.0. The van der Waals surface area contributed by atoms with Gasteiger partial charge < -0.3 is 45.3 Å². The third kappa shape index (κ3) is 9.90. The van der Waals surface area contributed by atoms with E-state index in [4.69, 9.17) is 24.7 Å². The fourth-order valence-corrected chi connectivity index (χ4v) is 6.92. The van der Waals surface area contributed by atoms with Crippen LogP contribution in [0, 0.1) is 0 Å². The van der Waals surface area contributed by atoms with Crippen LogP contribution in [0.1, 0.15) is 86.9 Å². The predicted molar refractivity (Wildman–Crippen MR) is 191 cm³/mol. The van der Waals surface area contributed by atoms with E-state index in [-0.39, 0.29) is 30.6 Å². The van der Waals surface area contributed by atoms with E-state index in [0.717, 1.165) is 74.8 Å². The number of benzene rings is 3. The van der Waals surface area contributed by atoms with Crippen molar-refractivity contribution in [3.63, 3.8) is 0 Å². The zero-order valence-electron chi connectivity index (χ0n) is 28.7. The van der Waals surface area contributed by atoms with Gasteiger partial charge in [-0.2, -0.15) is 0 Å². The maximum atomic E-state index is 12.8. The number of likely N-dealkylation sites (tertiary alicyclic amines) is 1. The molecule has 0 aromatic heterocycles. The maximum Gasteiger partial charge on any atom is 0.224 e. The van der Waals surface area contributed by atoms with E-state index >= 15 is 0 Å². The van der Waals surface area contributed by atoms with Gasteiger partial charge in [0.2, 0.25) is 11.8 Å². The summed E-state index contributed by atoms with van der Waals surface area (Å²) in [4.78, 5) is 27.5. The number of carbonyl (C=O) groups is 2. The van der Waals surface area contributed by atoms with Gasteiger partial charge in [0.15, 0.2) is 12.1 Å². The number of nitrogens with two attached hydrogens (primary N) is 1. The molecule has 1 spiro atoms. The van der Waals surface area contributed by atoms with Gasteiger partial charge in [-0.05, 0) is 48.2 Å². The monoisotopic (exact) mass is 686 g/mol. The fraction of sp³-hybridized carbons (Fsp3) is 0.487. The average Bonchev–Trinajstić information content (AvgIpc) is 3.59. The van der Waals surface area contributed by atoms with E-state index in [9.17, 15) is 14.7 Å². The van der Waals surface area contributed by atoms with Crippen molar-refractivity contribution in [2.75, 3.05) is 49.2 Å². The lowest BCUT2D eigenvalue weighted by Gasteiger charge is -2.41. The number of nitrogen functional groups attached to an aromatic ring is 1. The summed E-state index contributed by atoms with van der Waals surface area (Å²) >= 11 is 0. The molecule has 0 radical (unpaired) electrons. The Labute approximate surface area is 294 Å². The molecular weight excluding hydrogens is 636 g/mol. The minimum Gasteiger partial charge on any atom is -0.397 e. The highest BCUT2D eigenvalue weighted by Crippen LogP contribution is 2.39. The third-order valence-corrected chi connectivity index (χ3v) is 9.74. The van der Waals surface area contributed by atoms with Gasteiger partial charge in [0.1, 0.15) is 0 Å². The molecule has 11 heteroatoms. The Morgan fingerprint density at radius 3 is 2.22 bits per heavy atom. The van der Waals surface area contributed by atoms with Crippen LogP contribution in [0.15, 0.2) is 72.8 Å². The van der Waals surface area contributed by atoms with Gasteiger partial charge >= 0.3 is 0 Å². The second-order valence-corrected chi connectivity index (χ2v) is 13.5. The number of hydrogen-bond donors (Lipinski definition) is 4. The standard InChI is InChI=1S/C39H50N4O7/c40-33-10-5-6-11-34(33)42-37(46)13-4-2-1-3-12-36(45)41-31-9-7-8-30(24-31)38-49-32(25-35(50-38)29-16-14-28(27-44)15-17-29)26-43-20-18-39(19-21-43)47-22-23-48-39/h5-11,14-17,24,32,35,38,44H,1-4,12-13,18-23,25-27,40H2,(H,41,45)(H,42,46). The molecule has 2 amide bonds. The Bertz CT molecular complexity index is 1550. The summed E-state index contributed by atoms with van der Waals surface area (Å²) in [6.45, 7) is 3.84. The second kappa shape index (κ2) is 17.4. The van der Waals surface area contributed by atoms with Crippen LogP contribution < -0.4 is 16.4 Å². The lowest BCUT2D eigenvalue weighted by Crippen LogP contribution is -2.48. The molecule has 3 aromatic rings. The van der Waals surface area contributed by atoms with Gasteiger partial charge in [0.05, 0.1) is 43.4 Å². The molecule has 3 unspecified atom stereocenters. The molecule has 3 saturated heterocycles. The molecule has 0 bridgehead atoms. The number of nitrogens with zero attached hydrogens (tertiary/aromatic N) is 1. The summed E-state index contributed by atoms with van der Waals surface area (Å²) in [6.07, 6.45) is 5.53. The number of unbranched alkanes of at least 4 members (excludes halogenated alkanes) is 3. The minimum absolute atomic E-state index is 0.00721. The first-order valence-electron chi connectivity index (χ1n) is 17.9. The molecule has 268 valence electrons. The molecule has 50 heavy (non-hydrogen) atoms. The SMILES string of the molecule is Nc1ccccc1NC(=O)CCCCCCC(=O)Nc1cccc(C2OC(CN3CCC4(CC3)OCCO4)CC(c3ccc(CO)cc3)O2)c1. The quantitative estimate of drug-likeness (QED) is 0.117. The minimum atomic E-state index is -0.610. The molecule has 11 nitrogen and oxygen atoms in total. The second-order valence-electron chi connectivity index (χ2n) is 13.5. The molecule has 3 aliphatic rings. The molecule has 3 aromatic carbocycles. The van der Waals surface area contributed by atoms with Crippen LogP contribution in [0.2, 0.25) is 0 Å². The van der Waals surface area contributed by atoms with Crippen molar-refractivity contribution in [1.82, 2.24) is 4.90 Å². The molecule has 0 saturated carbocycles. The number of amides is 2. The van der Waals surface area contributed by atoms with Crippen LogP contribution in [0.3, 0.4) is 0 Å². The lowest BCUT2D eigenvalue weighted by atomic mass is 9.98. The number of piperidine rings is 1.